The molecule has 2 atom stereocenters. The number of amides is 1. The molecule has 1 N–H and O–H groups in total. The van der Waals surface area contributed by atoms with Crippen LogP contribution in [0.1, 0.15) is 12.0 Å². The van der Waals surface area contributed by atoms with E-state index in [1.54, 1.807) is 11.3 Å². The lowest BCUT2D eigenvalue weighted by Gasteiger charge is -2.21. The Labute approximate surface area is 175 Å². The lowest BCUT2D eigenvalue weighted by molar-refractivity contribution is 0.127. The van der Waals surface area contributed by atoms with Crippen molar-refractivity contribution >= 4 is 23.1 Å². The van der Waals surface area contributed by atoms with E-state index in [-0.39, 0.29) is 11.5 Å². The molecule has 4 nitrogen and oxygen atoms in total. The number of piperidine rings is 1. The van der Waals surface area contributed by atoms with E-state index in [2.05, 4.69) is 46.6 Å². The van der Waals surface area contributed by atoms with E-state index in [1.165, 1.54) is 5.56 Å². The maximum absolute atomic E-state index is 12.5. The SMILES string of the molecule is O=C(Nc1ccccc1-c1cccs1)OCC12CC1CN(Cc1ccccc1)C2. The molecule has 1 aliphatic heterocycles. The summed E-state index contributed by atoms with van der Waals surface area (Å²) >= 11 is 1.66. The molecule has 0 spiro atoms. The van der Waals surface area contributed by atoms with Crippen molar-refractivity contribution in [2.75, 3.05) is 25.0 Å². The van der Waals surface area contributed by atoms with Gasteiger partial charge in [0.05, 0.1) is 5.69 Å². The molecule has 0 radical (unpaired) electrons. The first kappa shape index (κ1) is 18.4. The Kier molecular flexibility index (Phi) is 4.86. The third-order valence-electron chi connectivity index (χ3n) is 6.07. The molecule has 2 fully saturated rings. The minimum atomic E-state index is -0.365. The van der Waals surface area contributed by atoms with Crippen LogP contribution in [0.25, 0.3) is 10.4 Å². The second-order valence-corrected chi connectivity index (χ2v) is 9.09. The van der Waals surface area contributed by atoms with Crippen LogP contribution in [0.15, 0.2) is 72.1 Å². The van der Waals surface area contributed by atoms with Crippen LogP contribution in [-0.4, -0.2) is 30.7 Å². The molecule has 1 amide bonds. The average Bonchev–Trinajstić information content (AvgIpc) is 3.10. The topological polar surface area (TPSA) is 41.6 Å². The molecule has 2 aromatic carbocycles. The number of rotatable bonds is 6. The van der Waals surface area contributed by atoms with Crippen LogP contribution in [0.3, 0.4) is 0 Å². The molecule has 2 aliphatic rings. The van der Waals surface area contributed by atoms with Crippen molar-refractivity contribution in [3.05, 3.63) is 77.7 Å². The number of thiophene rings is 1. The molecule has 2 unspecified atom stereocenters. The smallest absolute Gasteiger partial charge is 0.411 e. The Bertz CT molecular complexity index is 989. The van der Waals surface area contributed by atoms with Crippen molar-refractivity contribution in [1.82, 2.24) is 4.90 Å². The summed E-state index contributed by atoms with van der Waals surface area (Å²) in [7, 11) is 0. The monoisotopic (exact) mass is 404 g/mol. The Morgan fingerprint density at radius 1 is 1.10 bits per heavy atom. The number of fused-ring (bicyclic) bond motifs is 1. The fourth-order valence-electron chi connectivity index (χ4n) is 4.48. The molecule has 5 heteroatoms. The van der Waals surface area contributed by atoms with Gasteiger partial charge in [-0.05, 0) is 35.4 Å². The van der Waals surface area contributed by atoms with Gasteiger partial charge in [0.1, 0.15) is 6.61 Å². The van der Waals surface area contributed by atoms with Gasteiger partial charge in [0.25, 0.3) is 0 Å². The zero-order valence-corrected chi connectivity index (χ0v) is 17.0. The number of likely N-dealkylation sites (tertiary alicyclic amines) is 1. The maximum Gasteiger partial charge on any atom is 0.411 e. The molecule has 1 aliphatic carbocycles. The van der Waals surface area contributed by atoms with Crippen LogP contribution in [0.5, 0.6) is 0 Å². The highest BCUT2D eigenvalue weighted by molar-refractivity contribution is 7.13. The molecule has 29 heavy (non-hydrogen) atoms. The van der Waals surface area contributed by atoms with E-state index in [9.17, 15) is 4.79 Å². The van der Waals surface area contributed by atoms with E-state index in [4.69, 9.17) is 4.74 Å². The number of anilines is 1. The van der Waals surface area contributed by atoms with Crippen molar-refractivity contribution in [3.8, 4) is 10.4 Å². The highest BCUT2D eigenvalue weighted by Gasteiger charge is 2.60. The van der Waals surface area contributed by atoms with E-state index >= 15 is 0 Å². The summed E-state index contributed by atoms with van der Waals surface area (Å²) < 4.78 is 5.67. The number of benzene rings is 2. The zero-order chi connectivity index (χ0) is 19.7. The fraction of sp³-hybridized carbons (Fsp3) is 0.292. The normalized spacial score (nSPS) is 22.8. The molecule has 1 saturated heterocycles. The molecule has 1 saturated carbocycles. The molecule has 5 rings (SSSR count). The summed E-state index contributed by atoms with van der Waals surface area (Å²) in [6, 6.07) is 22.5. The molecule has 3 aromatic rings. The Hall–Kier alpha value is -2.63. The summed E-state index contributed by atoms with van der Waals surface area (Å²) in [5.74, 6) is 0.650. The zero-order valence-electron chi connectivity index (χ0n) is 16.2. The lowest BCUT2D eigenvalue weighted by atomic mass is 10.1. The fourth-order valence-corrected chi connectivity index (χ4v) is 5.25. The number of para-hydroxylation sites is 1. The molecular formula is C24H24N2O2S. The van der Waals surface area contributed by atoms with Crippen LogP contribution >= 0.6 is 11.3 Å². The maximum atomic E-state index is 12.5. The predicted octanol–water partition coefficient (Wildman–Crippen LogP) is 5.49. The Balaban J connectivity index is 1.17. The van der Waals surface area contributed by atoms with E-state index in [0.29, 0.717) is 12.5 Å². The molecule has 148 valence electrons. The molecular weight excluding hydrogens is 380 g/mol. The summed E-state index contributed by atoms with van der Waals surface area (Å²) in [5, 5.41) is 4.98. The predicted molar refractivity (Wildman–Crippen MR) is 117 cm³/mol. The van der Waals surface area contributed by atoms with Gasteiger partial charge >= 0.3 is 6.09 Å². The Morgan fingerprint density at radius 3 is 2.76 bits per heavy atom. The van der Waals surface area contributed by atoms with Gasteiger partial charge in [0.15, 0.2) is 0 Å². The van der Waals surface area contributed by atoms with Gasteiger partial charge in [-0.2, -0.15) is 0 Å². The number of carbonyl (C=O) groups is 1. The largest absolute Gasteiger partial charge is 0.449 e. The number of carbonyl (C=O) groups excluding carboxylic acids is 1. The first-order valence-corrected chi connectivity index (χ1v) is 10.9. The van der Waals surface area contributed by atoms with Gasteiger partial charge in [0.2, 0.25) is 0 Å². The number of ether oxygens (including phenoxy) is 1. The average molecular weight is 405 g/mol. The number of hydrogen-bond acceptors (Lipinski definition) is 4. The minimum Gasteiger partial charge on any atom is -0.449 e. The number of nitrogens with zero attached hydrogens (tertiary/aromatic N) is 1. The lowest BCUT2D eigenvalue weighted by Crippen LogP contribution is -2.28. The van der Waals surface area contributed by atoms with Crippen molar-refractivity contribution in [2.45, 2.75) is 13.0 Å². The van der Waals surface area contributed by atoms with Gasteiger partial charge in [0, 0.05) is 35.5 Å². The van der Waals surface area contributed by atoms with Crippen molar-refractivity contribution in [3.63, 3.8) is 0 Å². The molecule has 1 aromatic heterocycles. The van der Waals surface area contributed by atoms with Crippen LogP contribution in [-0.2, 0) is 11.3 Å². The van der Waals surface area contributed by atoms with Gasteiger partial charge in [-0.25, -0.2) is 4.79 Å². The van der Waals surface area contributed by atoms with E-state index in [1.807, 2.05) is 35.7 Å². The van der Waals surface area contributed by atoms with Crippen LogP contribution in [0, 0.1) is 11.3 Å². The van der Waals surface area contributed by atoms with Crippen LogP contribution in [0.4, 0.5) is 10.5 Å². The Morgan fingerprint density at radius 2 is 1.93 bits per heavy atom. The number of nitrogens with one attached hydrogen (secondary N) is 1. The quantitative estimate of drug-likeness (QED) is 0.591. The van der Waals surface area contributed by atoms with Crippen molar-refractivity contribution < 1.29 is 9.53 Å². The van der Waals surface area contributed by atoms with Gasteiger partial charge in [-0.1, -0.05) is 54.6 Å². The van der Waals surface area contributed by atoms with E-state index in [0.717, 1.165) is 42.2 Å². The van der Waals surface area contributed by atoms with Gasteiger partial charge < -0.3 is 4.74 Å². The summed E-state index contributed by atoms with van der Waals surface area (Å²) in [5.41, 5.74) is 3.31. The first-order chi connectivity index (χ1) is 14.2. The van der Waals surface area contributed by atoms with Crippen molar-refractivity contribution in [2.24, 2.45) is 11.3 Å². The van der Waals surface area contributed by atoms with Gasteiger partial charge in [-0.3, -0.25) is 10.2 Å². The third kappa shape index (κ3) is 3.93. The van der Waals surface area contributed by atoms with Gasteiger partial charge in [-0.15, -0.1) is 11.3 Å². The summed E-state index contributed by atoms with van der Waals surface area (Å²) in [4.78, 5) is 16.1. The van der Waals surface area contributed by atoms with Crippen LogP contribution in [0.2, 0.25) is 0 Å². The standard InChI is InChI=1S/C24H24N2O2S/c27-23(25-21-10-5-4-9-20(21)22-11-6-12-29-22)28-17-24-13-19(24)15-26(16-24)14-18-7-2-1-3-8-18/h1-12,19H,13-17H2,(H,25,27). The molecule has 0 bridgehead atoms. The highest BCUT2D eigenvalue weighted by atomic mass is 32.1. The van der Waals surface area contributed by atoms with Crippen LogP contribution < -0.4 is 5.32 Å². The molecule has 2 heterocycles. The highest BCUT2D eigenvalue weighted by Crippen LogP contribution is 2.58. The number of hydrogen-bond donors (Lipinski definition) is 1. The summed E-state index contributed by atoms with van der Waals surface area (Å²) in [6.45, 7) is 3.57. The summed E-state index contributed by atoms with van der Waals surface area (Å²) in [6.07, 6.45) is 0.799. The van der Waals surface area contributed by atoms with E-state index < -0.39 is 0 Å². The minimum absolute atomic E-state index is 0.152. The first-order valence-electron chi connectivity index (χ1n) is 10.0. The second-order valence-electron chi connectivity index (χ2n) is 8.14. The third-order valence-corrected chi connectivity index (χ3v) is 6.97. The second kappa shape index (κ2) is 7.65. The van der Waals surface area contributed by atoms with Crippen molar-refractivity contribution in [1.29, 1.82) is 0 Å².